The van der Waals surface area contributed by atoms with Crippen LogP contribution in [0.4, 0.5) is 42.0 Å². The van der Waals surface area contributed by atoms with Crippen LogP contribution >= 0.6 is 11.6 Å². The third-order valence-corrected chi connectivity index (χ3v) is 6.35. The van der Waals surface area contributed by atoms with Crippen molar-refractivity contribution in [3.63, 3.8) is 0 Å². The van der Waals surface area contributed by atoms with Crippen molar-refractivity contribution in [3.8, 4) is 0 Å². The largest absolute Gasteiger partial charge is 0.464 e. The number of furan rings is 1. The van der Waals surface area contributed by atoms with E-state index in [9.17, 15) is 18.0 Å². The quantitative estimate of drug-likeness (QED) is 0.186. The molecule has 41 heavy (non-hydrogen) atoms. The second-order valence-electron chi connectivity index (χ2n) is 9.00. The Morgan fingerprint density at radius 2 is 1.80 bits per heavy atom. The highest BCUT2D eigenvalue weighted by atomic mass is 35.5. The second-order valence-corrected chi connectivity index (χ2v) is 9.41. The number of fused-ring (bicyclic) bond motifs is 7. The zero-order valence-corrected chi connectivity index (χ0v) is 21.9. The molecule has 1 amide bonds. The molecule has 12 heteroatoms. The Labute approximate surface area is 236 Å². The fourth-order valence-electron chi connectivity index (χ4n) is 4.17. The molecule has 0 spiro atoms. The van der Waals surface area contributed by atoms with E-state index in [0.29, 0.717) is 22.4 Å². The summed E-state index contributed by atoms with van der Waals surface area (Å²) >= 11 is 6.36. The third-order valence-electron chi connectivity index (χ3n) is 6.07. The van der Waals surface area contributed by atoms with Crippen molar-refractivity contribution < 1.29 is 27.2 Å². The number of carbonyl (C=O) groups excluding carboxylic acids is 2. The maximum absolute atomic E-state index is 13.1. The molecule has 0 aliphatic carbocycles. The summed E-state index contributed by atoms with van der Waals surface area (Å²) in [6, 6.07) is 21.2. The van der Waals surface area contributed by atoms with E-state index in [2.05, 4.69) is 38.1 Å². The van der Waals surface area contributed by atoms with Crippen molar-refractivity contribution in [2.45, 2.75) is 19.0 Å². The van der Waals surface area contributed by atoms with E-state index >= 15 is 0 Å². The van der Waals surface area contributed by atoms with Crippen molar-refractivity contribution >= 4 is 63.6 Å². The average molecular weight is 580 g/mol. The summed E-state index contributed by atoms with van der Waals surface area (Å²) in [5.74, 6) is 0.769. The molecule has 1 aliphatic rings. The van der Waals surface area contributed by atoms with Crippen molar-refractivity contribution in [2.24, 2.45) is 0 Å². The number of alkyl halides is 3. The lowest BCUT2D eigenvalue weighted by Crippen LogP contribution is -2.13. The number of hydrogen-bond donors (Lipinski definition) is 3. The molecule has 0 saturated heterocycles. The van der Waals surface area contributed by atoms with Crippen LogP contribution in [0.5, 0.6) is 0 Å². The van der Waals surface area contributed by atoms with Gasteiger partial charge in [0, 0.05) is 28.0 Å². The number of nitrogens with zero attached hydrogens (tertiary/aromatic N) is 2. The van der Waals surface area contributed by atoms with Gasteiger partial charge >= 0.3 is 6.18 Å². The van der Waals surface area contributed by atoms with Crippen LogP contribution in [0.1, 0.15) is 21.5 Å². The predicted molar refractivity (Wildman–Crippen MR) is 150 cm³/mol. The molecule has 208 valence electrons. The predicted octanol–water partition coefficient (Wildman–Crippen LogP) is 7.46. The molecule has 6 rings (SSSR count). The standard InChI is InChI=1S/C27H20ClN5O2.C2HF3O/c28-22-15-29-27-31-20-3-1-2-16(12-20)4-5-17-14-21(30-25(22)33-27)7-8-23(17)32-26(34)19-6-9-24-18(13-19)10-11-35-24;3-2(4,5)1-6/h1-3,6-15H,4-5H2,(H,32,34)(H2,29,30,31,33);1H. The number of aromatic nitrogens is 2. The summed E-state index contributed by atoms with van der Waals surface area (Å²) < 4.78 is 36.6. The van der Waals surface area contributed by atoms with Crippen LogP contribution in [-0.4, -0.2) is 28.3 Å². The molecule has 0 saturated carbocycles. The zero-order valence-electron chi connectivity index (χ0n) is 21.1. The van der Waals surface area contributed by atoms with E-state index in [-0.39, 0.29) is 5.91 Å². The summed E-state index contributed by atoms with van der Waals surface area (Å²) in [6.07, 6.45) is -0.999. The first-order valence-electron chi connectivity index (χ1n) is 12.3. The van der Waals surface area contributed by atoms with Gasteiger partial charge in [-0.05, 0) is 78.6 Å². The molecule has 3 N–H and O–H groups in total. The summed E-state index contributed by atoms with van der Waals surface area (Å²) in [7, 11) is 0. The maximum atomic E-state index is 13.1. The number of rotatable bonds is 2. The fraction of sp³-hybridized carbons (Fsp3) is 0.103. The number of anilines is 5. The van der Waals surface area contributed by atoms with E-state index < -0.39 is 12.5 Å². The topological polar surface area (TPSA) is 109 Å². The first-order valence-corrected chi connectivity index (χ1v) is 12.6. The van der Waals surface area contributed by atoms with Gasteiger partial charge in [0.25, 0.3) is 5.91 Å². The summed E-state index contributed by atoms with van der Waals surface area (Å²) in [5.41, 5.74) is 5.93. The molecule has 0 unspecified atom stereocenters. The molecule has 8 nitrogen and oxygen atoms in total. The SMILES string of the molecule is O=C(Nc1ccc2cc1CCc1cccc(c1)Nc1ncc(Cl)c(n1)N2)c1ccc2occc2c1.O=CC(F)(F)F. The summed E-state index contributed by atoms with van der Waals surface area (Å²) in [5, 5.41) is 10.9. The minimum atomic E-state index is -4.64. The number of carbonyl (C=O) groups is 2. The van der Waals surface area contributed by atoms with Crippen LogP contribution in [0.2, 0.25) is 5.02 Å². The highest BCUT2D eigenvalue weighted by Gasteiger charge is 2.25. The first kappa shape index (κ1) is 27.7. The maximum Gasteiger partial charge on any atom is 0.446 e. The van der Waals surface area contributed by atoms with Crippen molar-refractivity contribution in [1.29, 1.82) is 0 Å². The van der Waals surface area contributed by atoms with Gasteiger partial charge in [0.1, 0.15) is 10.6 Å². The minimum absolute atomic E-state index is 0.178. The van der Waals surface area contributed by atoms with Gasteiger partial charge in [-0.15, -0.1) is 0 Å². The Hall–Kier alpha value is -4.90. The molecular weight excluding hydrogens is 559 g/mol. The van der Waals surface area contributed by atoms with Crippen LogP contribution in [0.15, 0.2) is 83.6 Å². The number of hydrogen-bond acceptors (Lipinski definition) is 7. The van der Waals surface area contributed by atoms with E-state index in [1.165, 1.54) is 0 Å². The van der Waals surface area contributed by atoms with Gasteiger partial charge in [-0.3, -0.25) is 9.59 Å². The zero-order chi connectivity index (χ0) is 29.0. The molecule has 5 aromatic rings. The van der Waals surface area contributed by atoms with Gasteiger partial charge in [0.15, 0.2) is 5.82 Å². The van der Waals surface area contributed by atoms with Crippen LogP contribution in [0.25, 0.3) is 11.0 Å². The average Bonchev–Trinajstić information content (AvgIpc) is 3.43. The molecule has 2 aromatic heterocycles. The Morgan fingerprint density at radius 1 is 1.00 bits per heavy atom. The Bertz CT molecular complexity index is 1740. The van der Waals surface area contributed by atoms with Gasteiger partial charge in [0.2, 0.25) is 12.2 Å². The fourth-order valence-corrected chi connectivity index (χ4v) is 4.31. The normalized spacial score (nSPS) is 12.3. The number of aldehydes is 1. The smallest absolute Gasteiger partial charge is 0.446 e. The number of nitrogens with one attached hydrogen (secondary N) is 3. The van der Waals surface area contributed by atoms with Gasteiger partial charge in [-0.1, -0.05) is 23.7 Å². The van der Waals surface area contributed by atoms with Crippen molar-refractivity contribution in [2.75, 3.05) is 16.0 Å². The van der Waals surface area contributed by atoms with E-state index in [1.807, 2.05) is 42.5 Å². The van der Waals surface area contributed by atoms with Crippen LogP contribution < -0.4 is 16.0 Å². The number of amides is 1. The number of aryl methyl sites for hydroxylation is 2. The highest BCUT2D eigenvalue weighted by molar-refractivity contribution is 6.32. The second kappa shape index (κ2) is 11.7. The molecule has 0 fully saturated rings. The van der Waals surface area contributed by atoms with E-state index in [1.54, 1.807) is 24.6 Å². The Morgan fingerprint density at radius 3 is 2.61 bits per heavy atom. The van der Waals surface area contributed by atoms with Crippen molar-refractivity contribution in [3.05, 3.63) is 101 Å². The first-order chi connectivity index (χ1) is 19.7. The lowest BCUT2D eigenvalue weighted by atomic mass is 10.0. The van der Waals surface area contributed by atoms with Crippen LogP contribution in [-0.2, 0) is 17.6 Å². The summed E-state index contributed by atoms with van der Waals surface area (Å²) in [6.45, 7) is 0. The molecule has 0 atom stereocenters. The minimum Gasteiger partial charge on any atom is -0.464 e. The van der Waals surface area contributed by atoms with Crippen LogP contribution in [0, 0.1) is 0 Å². The van der Waals surface area contributed by atoms with E-state index in [0.717, 1.165) is 52.0 Å². The lowest BCUT2D eigenvalue weighted by molar-refractivity contribution is -0.156. The molecule has 3 aromatic carbocycles. The molecule has 6 bridgehead atoms. The Kier molecular flexibility index (Phi) is 7.88. The number of benzene rings is 3. The molecule has 1 aliphatic heterocycles. The van der Waals surface area contributed by atoms with Gasteiger partial charge in [-0.2, -0.15) is 18.2 Å². The van der Waals surface area contributed by atoms with E-state index in [4.69, 9.17) is 20.8 Å². The molecule has 0 radical (unpaired) electrons. The third kappa shape index (κ3) is 7.00. The van der Waals surface area contributed by atoms with Crippen molar-refractivity contribution in [1.82, 2.24) is 9.97 Å². The lowest BCUT2D eigenvalue weighted by Gasteiger charge is -2.15. The Balaban J connectivity index is 0.000000511. The monoisotopic (exact) mass is 579 g/mol. The van der Waals surface area contributed by atoms with Gasteiger partial charge in [-0.25, -0.2) is 4.98 Å². The number of halogens is 4. The van der Waals surface area contributed by atoms with Gasteiger partial charge in [0.05, 0.1) is 12.5 Å². The van der Waals surface area contributed by atoms with Crippen LogP contribution in [0.3, 0.4) is 0 Å². The highest BCUT2D eigenvalue weighted by Crippen LogP contribution is 2.30. The summed E-state index contributed by atoms with van der Waals surface area (Å²) in [4.78, 5) is 30.6. The van der Waals surface area contributed by atoms with Gasteiger partial charge < -0.3 is 20.4 Å². The molecular formula is C29H21ClF3N5O3. The molecule has 3 heterocycles.